The fourth-order valence-electron chi connectivity index (χ4n) is 1.39. The van der Waals surface area contributed by atoms with Gasteiger partial charge in [-0.15, -0.1) is 0 Å². The Morgan fingerprint density at radius 1 is 1.60 bits per heavy atom. The summed E-state index contributed by atoms with van der Waals surface area (Å²) in [4.78, 5) is 22.2. The minimum Gasteiger partial charge on any atom is -0.481 e. The summed E-state index contributed by atoms with van der Waals surface area (Å²) in [7, 11) is 0. The second kappa shape index (κ2) is 4.18. The second-order valence-electron chi connectivity index (χ2n) is 4.51. The van der Waals surface area contributed by atoms with Crippen LogP contribution in [0, 0.1) is 11.8 Å². The molecule has 1 amide bonds. The van der Waals surface area contributed by atoms with Crippen molar-refractivity contribution in [1.29, 1.82) is 0 Å². The lowest BCUT2D eigenvalue weighted by Gasteiger charge is -2.23. The van der Waals surface area contributed by atoms with E-state index in [4.69, 9.17) is 10.8 Å². The number of aliphatic carboxylic acids is 1. The van der Waals surface area contributed by atoms with E-state index in [1.807, 2.05) is 0 Å². The molecular formula is C10H18N2O3. The lowest BCUT2D eigenvalue weighted by Crippen LogP contribution is -2.54. The molecule has 0 spiro atoms. The van der Waals surface area contributed by atoms with E-state index in [2.05, 4.69) is 5.32 Å². The first-order valence-electron chi connectivity index (χ1n) is 5.15. The van der Waals surface area contributed by atoms with Crippen molar-refractivity contribution in [3.05, 3.63) is 0 Å². The Morgan fingerprint density at radius 3 is 2.53 bits per heavy atom. The van der Waals surface area contributed by atoms with E-state index < -0.39 is 17.4 Å². The minimum atomic E-state index is -0.916. The zero-order chi connectivity index (χ0) is 11.6. The molecule has 4 N–H and O–H groups in total. The van der Waals surface area contributed by atoms with Crippen LogP contribution in [-0.4, -0.2) is 29.1 Å². The quantitative estimate of drug-likeness (QED) is 0.598. The Morgan fingerprint density at radius 2 is 2.13 bits per heavy atom. The molecule has 0 heterocycles. The van der Waals surface area contributed by atoms with Crippen molar-refractivity contribution < 1.29 is 14.7 Å². The van der Waals surface area contributed by atoms with Gasteiger partial charge in [-0.2, -0.15) is 0 Å². The van der Waals surface area contributed by atoms with E-state index in [1.54, 1.807) is 13.8 Å². The van der Waals surface area contributed by atoms with Crippen LogP contribution in [0.4, 0.5) is 0 Å². The Bertz CT molecular complexity index is 272. The van der Waals surface area contributed by atoms with Gasteiger partial charge in [-0.25, -0.2) is 0 Å². The SMILES string of the molecule is CC(CNC(=O)C(C)(N)C1CC1)C(=O)O. The van der Waals surface area contributed by atoms with Crippen molar-refractivity contribution in [1.82, 2.24) is 5.32 Å². The zero-order valence-corrected chi connectivity index (χ0v) is 9.12. The molecule has 1 aliphatic carbocycles. The Hall–Kier alpha value is -1.10. The molecule has 1 saturated carbocycles. The van der Waals surface area contributed by atoms with Crippen molar-refractivity contribution in [3.63, 3.8) is 0 Å². The molecular weight excluding hydrogens is 196 g/mol. The van der Waals surface area contributed by atoms with Gasteiger partial charge < -0.3 is 16.2 Å². The van der Waals surface area contributed by atoms with Gasteiger partial charge in [0, 0.05) is 6.54 Å². The smallest absolute Gasteiger partial charge is 0.308 e. The predicted octanol–water partition coefficient (Wildman–Crippen LogP) is -0.0493. The summed E-state index contributed by atoms with van der Waals surface area (Å²) in [6.45, 7) is 3.38. The second-order valence-corrected chi connectivity index (χ2v) is 4.51. The standard InChI is InChI=1S/C10H18N2O3/c1-6(8(13)14)5-12-9(15)10(2,11)7-3-4-7/h6-7H,3-5,11H2,1-2H3,(H,12,15)(H,13,14). The molecule has 2 atom stereocenters. The predicted molar refractivity (Wildman–Crippen MR) is 55.1 cm³/mol. The van der Waals surface area contributed by atoms with Crippen LogP contribution >= 0.6 is 0 Å². The van der Waals surface area contributed by atoms with Gasteiger partial charge in [0.25, 0.3) is 0 Å². The number of amides is 1. The molecule has 0 saturated heterocycles. The van der Waals surface area contributed by atoms with Crippen LogP contribution in [-0.2, 0) is 9.59 Å². The molecule has 15 heavy (non-hydrogen) atoms. The number of carbonyl (C=O) groups is 2. The molecule has 86 valence electrons. The lowest BCUT2D eigenvalue weighted by molar-refractivity contribution is -0.141. The maximum absolute atomic E-state index is 11.6. The van der Waals surface area contributed by atoms with Crippen molar-refractivity contribution in [2.45, 2.75) is 32.2 Å². The normalized spacial score (nSPS) is 21.5. The number of carboxylic acids is 1. The topological polar surface area (TPSA) is 92.4 Å². The molecule has 0 aromatic carbocycles. The molecule has 2 unspecified atom stereocenters. The van der Waals surface area contributed by atoms with Crippen LogP contribution in [0.25, 0.3) is 0 Å². The van der Waals surface area contributed by atoms with Crippen molar-refractivity contribution in [2.75, 3.05) is 6.54 Å². The van der Waals surface area contributed by atoms with E-state index >= 15 is 0 Å². The van der Waals surface area contributed by atoms with Gasteiger partial charge in [-0.1, -0.05) is 6.92 Å². The summed E-state index contributed by atoms with van der Waals surface area (Å²) >= 11 is 0. The van der Waals surface area contributed by atoms with Crippen LogP contribution < -0.4 is 11.1 Å². The van der Waals surface area contributed by atoms with E-state index in [1.165, 1.54) is 0 Å². The summed E-state index contributed by atoms with van der Waals surface area (Å²) in [5, 5.41) is 11.2. The molecule has 0 bridgehead atoms. The Kier molecular flexibility index (Phi) is 3.34. The van der Waals surface area contributed by atoms with Gasteiger partial charge in [0.2, 0.25) is 5.91 Å². The monoisotopic (exact) mass is 214 g/mol. The van der Waals surface area contributed by atoms with Crippen LogP contribution in [0.2, 0.25) is 0 Å². The number of carboxylic acid groups (broad SMARTS) is 1. The number of hydrogen-bond donors (Lipinski definition) is 3. The molecule has 0 aliphatic heterocycles. The molecule has 0 aromatic rings. The number of nitrogens with one attached hydrogen (secondary N) is 1. The van der Waals surface area contributed by atoms with Gasteiger partial charge in [0.05, 0.1) is 11.5 Å². The first-order chi connectivity index (χ1) is 6.85. The van der Waals surface area contributed by atoms with Crippen LogP contribution in [0.3, 0.4) is 0 Å². The maximum atomic E-state index is 11.6. The number of carbonyl (C=O) groups excluding carboxylic acids is 1. The highest BCUT2D eigenvalue weighted by Gasteiger charge is 2.43. The third kappa shape index (κ3) is 2.92. The highest BCUT2D eigenvalue weighted by atomic mass is 16.4. The summed E-state index contributed by atoms with van der Waals surface area (Å²) < 4.78 is 0. The average molecular weight is 214 g/mol. The first-order valence-corrected chi connectivity index (χ1v) is 5.15. The van der Waals surface area contributed by atoms with Crippen molar-refractivity contribution in [3.8, 4) is 0 Å². The fraction of sp³-hybridized carbons (Fsp3) is 0.800. The zero-order valence-electron chi connectivity index (χ0n) is 9.12. The summed E-state index contributed by atoms with van der Waals surface area (Å²) in [5.41, 5.74) is 5.02. The summed E-state index contributed by atoms with van der Waals surface area (Å²) in [6.07, 6.45) is 1.96. The molecule has 1 rings (SSSR count). The first kappa shape index (κ1) is 12.0. The highest BCUT2D eigenvalue weighted by molar-refractivity contribution is 5.86. The molecule has 0 radical (unpaired) electrons. The third-order valence-electron chi connectivity index (χ3n) is 2.91. The van der Waals surface area contributed by atoms with Gasteiger partial charge in [-0.3, -0.25) is 9.59 Å². The van der Waals surface area contributed by atoms with Crippen LogP contribution in [0.5, 0.6) is 0 Å². The molecule has 5 heteroatoms. The lowest BCUT2D eigenvalue weighted by atomic mass is 9.96. The van der Waals surface area contributed by atoms with Crippen LogP contribution in [0.1, 0.15) is 26.7 Å². The minimum absolute atomic E-state index is 0.133. The Balaban J connectivity index is 2.38. The highest BCUT2D eigenvalue weighted by Crippen LogP contribution is 2.38. The van der Waals surface area contributed by atoms with Crippen molar-refractivity contribution in [2.24, 2.45) is 17.6 Å². The van der Waals surface area contributed by atoms with E-state index in [-0.39, 0.29) is 18.4 Å². The fourth-order valence-corrected chi connectivity index (χ4v) is 1.39. The van der Waals surface area contributed by atoms with Gasteiger partial charge >= 0.3 is 5.97 Å². The number of hydrogen-bond acceptors (Lipinski definition) is 3. The summed E-state index contributed by atoms with van der Waals surface area (Å²) in [5.74, 6) is -1.50. The van der Waals surface area contributed by atoms with E-state index in [0.29, 0.717) is 0 Å². The molecule has 1 fully saturated rings. The molecule has 0 aromatic heterocycles. The van der Waals surface area contributed by atoms with E-state index in [0.717, 1.165) is 12.8 Å². The summed E-state index contributed by atoms with van der Waals surface area (Å²) in [6, 6.07) is 0. The third-order valence-corrected chi connectivity index (χ3v) is 2.91. The van der Waals surface area contributed by atoms with Gasteiger partial charge in [0.15, 0.2) is 0 Å². The van der Waals surface area contributed by atoms with Crippen LogP contribution in [0.15, 0.2) is 0 Å². The van der Waals surface area contributed by atoms with E-state index in [9.17, 15) is 9.59 Å². The molecule has 5 nitrogen and oxygen atoms in total. The average Bonchev–Trinajstić information content (AvgIpc) is 2.95. The van der Waals surface area contributed by atoms with Crippen molar-refractivity contribution >= 4 is 11.9 Å². The Labute approximate surface area is 89.0 Å². The molecule has 1 aliphatic rings. The number of nitrogens with two attached hydrogens (primary N) is 1. The van der Waals surface area contributed by atoms with Gasteiger partial charge in [-0.05, 0) is 25.7 Å². The maximum Gasteiger partial charge on any atom is 0.308 e. The van der Waals surface area contributed by atoms with Gasteiger partial charge in [0.1, 0.15) is 0 Å². The number of rotatable bonds is 5. The largest absolute Gasteiger partial charge is 0.481 e.